The molecule has 1 fully saturated rings. The highest BCUT2D eigenvalue weighted by molar-refractivity contribution is 6.34. The summed E-state index contributed by atoms with van der Waals surface area (Å²) in [6.07, 6.45) is 3.84. The summed E-state index contributed by atoms with van der Waals surface area (Å²) in [5.41, 5.74) is 2.38. The Hall–Kier alpha value is -1.75. The van der Waals surface area contributed by atoms with Crippen LogP contribution in [0.25, 0.3) is 10.9 Å². The van der Waals surface area contributed by atoms with E-state index in [2.05, 4.69) is 38.5 Å². The Labute approximate surface area is 135 Å². The molecule has 4 rings (SSSR count). The molecule has 0 aliphatic carbocycles. The Balaban J connectivity index is 1.78. The van der Waals surface area contributed by atoms with Gasteiger partial charge in [0, 0.05) is 25.0 Å². The molecule has 22 heavy (non-hydrogen) atoms. The van der Waals surface area contributed by atoms with Gasteiger partial charge in [0.2, 0.25) is 0 Å². The van der Waals surface area contributed by atoms with Crippen molar-refractivity contribution in [1.29, 1.82) is 0 Å². The quantitative estimate of drug-likeness (QED) is 0.946. The topological polar surface area (TPSA) is 45.5 Å². The van der Waals surface area contributed by atoms with Gasteiger partial charge in [0.15, 0.2) is 5.15 Å². The maximum Gasteiger partial charge on any atom is 0.159 e. The van der Waals surface area contributed by atoms with E-state index in [0.29, 0.717) is 11.7 Å². The van der Waals surface area contributed by atoms with Crippen molar-refractivity contribution in [1.82, 2.24) is 15.1 Å². The van der Waals surface area contributed by atoms with Crippen molar-refractivity contribution in [3.8, 4) is 0 Å². The molecule has 0 radical (unpaired) electrons. The van der Waals surface area contributed by atoms with Crippen molar-refractivity contribution in [2.24, 2.45) is 4.99 Å². The predicted molar refractivity (Wildman–Crippen MR) is 91.1 cm³/mol. The predicted octanol–water partition coefficient (Wildman–Crippen LogP) is 2.68. The lowest BCUT2D eigenvalue weighted by Gasteiger charge is -2.29. The third-order valence-electron chi connectivity index (χ3n) is 4.44. The molecule has 1 saturated heterocycles. The first-order valence-corrected chi connectivity index (χ1v) is 8.38. The Morgan fingerprint density at radius 3 is 2.82 bits per heavy atom. The molecular formula is C16H20ClN5. The fourth-order valence-corrected chi connectivity index (χ4v) is 3.62. The van der Waals surface area contributed by atoms with Crippen LogP contribution in [-0.2, 0) is 6.54 Å². The van der Waals surface area contributed by atoms with Crippen LogP contribution in [0.4, 0.5) is 5.69 Å². The van der Waals surface area contributed by atoms with E-state index in [4.69, 9.17) is 11.6 Å². The number of anilines is 1. The van der Waals surface area contributed by atoms with Crippen LogP contribution in [0.5, 0.6) is 0 Å². The number of hydrogen-bond donors (Lipinski definition) is 1. The number of aromatic nitrogens is 2. The summed E-state index contributed by atoms with van der Waals surface area (Å²) in [6.45, 7) is 4.65. The number of piperidine rings is 1. The number of benzene rings is 1. The fraction of sp³-hybridized carbons (Fsp3) is 0.500. The van der Waals surface area contributed by atoms with E-state index >= 15 is 0 Å². The Morgan fingerprint density at radius 1 is 1.18 bits per heavy atom. The van der Waals surface area contributed by atoms with E-state index in [-0.39, 0.29) is 0 Å². The molecule has 6 heteroatoms. The van der Waals surface area contributed by atoms with Gasteiger partial charge in [-0.2, -0.15) is 5.10 Å². The zero-order chi connectivity index (χ0) is 14.9. The molecule has 116 valence electrons. The standard InChI is InChI=1S/C16H20ClN5/c17-16-12-5-4-6-13(21-9-2-1-3-10-21)15(12)22(20-16)11-14-18-7-8-19-14/h4-6H,1-3,7-11H2,(H,18,19). The highest BCUT2D eigenvalue weighted by Crippen LogP contribution is 2.32. The molecule has 2 aliphatic heterocycles. The Morgan fingerprint density at radius 2 is 2.05 bits per heavy atom. The number of para-hydroxylation sites is 1. The highest BCUT2D eigenvalue weighted by atomic mass is 35.5. The summed E-state index contributed by atoms with van der Waals surface area (Å²) in [5.74, 6) is 0.995. The van der Waals surface area contributed by atoms with Gasteiger partial charge in [-0.15, -0.1) is 0 Å². The third kappa shape index (κ3) is 2.43. The number of aliphatic imine (C=N–C) groups is 1. The van der Waals surface area contributed by atoms with E-state index in [1.807, 2.05) is 4.68 Å². The van der Waals surface area contributed by atoms with Gasteiger partial charge in [-0.05, 0) is 31.4 Å². The first-order valence-electron chi connectivity index (χ1n) is 8.00. The second-order valence-electron chi connectivity index (χ2n) is 5.92. The second-order valence-corrected chi connectivity index (χ2v) is 6.28. The van der Waals surface area contributed by atoms with E-state index in [9.17, 15) is 0 Å². The normalized spacial score (nSPS) is 18.6. The van der Waals surface area contributed by atoms with Crippen molar-refractivity contribution in [2.45, 2.75) is 25.8 Å². The van der Waals surface area contributed by atoms with Crippen molar-refractivity contribution >= 4 is 34.0 Å². The number of halogens is 1. The van der Waals surface area contributed by atoms with Gasteiger partial charge in [-0.1, -0.05) is 17.7 Å². The lowest BCUT2D eigenvalue weighted by atomic mass is 10.1. The second kappa shape index (κ2) is 5.80. The smallest absolute Gasteiger partial charge is 0.159 e. The molecule has 0 unspecified atom stereocenters. The molecule has 2 aromatic rings. The summed E-state index contributed by atoms with van der Waals surface area (Å²) in [5, 5.41) is 9.46. The molecule has 0 spiro atoms. The van der Waals surface area contributed by atoms with E-state index in [1.165, 1.54) is 24.9 Å². The molecule has 0 saturated carbocycles. The first-order chi connectivity index (χ1) is 10.8. The van der Waals surface area contributed by atoms with Crippen LogP contribution in [0.15, 0.2) is 23.2 Å². The minimum atomic E-state index is 0.576. The average Bonchev–Trinajstić information content (AvgIpc) is 3.17. The van der Waals surface area contributed by atoms with Gasteiger partial charge in [-0.25, -0.2) is 0 Å². The largest absolute Gasteiger partial charge is 0.370 e. The van der Waals surface area contributed by atoms with Crippen molar-refractivity contribution in [2.75, 3.05) is 31.1 Å². The van der Waals surface area contributed by atoms with Crippen LogP contribution in [-0.4, -0.2) is 41.8 Å². The molecule has 0 amide bonds. The summed E-state index contributed by atoms with van der Waals surface area (Å²) in [4.78, 5) is 6.94. The van der Waals surface area contributed by atoms with E-state index < -0.39 is 0 Å². The van der Waals surface area contributed by atoms with Gasteiger partial charge >= 0.3 is 0 Å². The lowest BCUT2D eigenvalue weighted by Crippen LogP contribution is -2.30. The van der Waals surface area contributed by atoms with Gasteiger partial charge in [0.25, 0.3) is 0 Å². The zero-order valence-corrected chi connectivity index (χ0v) is 13.3. The van der Waals surface area contributed by atoms with E-state index in [0.717, 1.165) is 42.9 Å². The molecule has 3 heterocycles. The number of amidine groups is 1. The first kappa shape index (κ1) is 13.9. The zero-order valence-electron chi connectivity index (χ0n) is 12.6. The summed E-state index contributed by atoms with van der Waals surface area (Å²) in [6, 6.07) is 6.32. The van der Waals surface area contributed by atoms with Crippen LogP contribution in [0.2, 0.25) is 5.15 Å². The Kier molecular flexibility index (Phi) is 3.66. The van der Waals surface area contributed by atoms with Crippen LogP contribution in [0.3, 0.4) is 0 Å². The maximum absolute atomic E-state index is 6.36. The minimum absolute atomic E-state index is 0.576. The van der Waals surface area contributed by atoms with Crippen molar-refractivity contribution in [3.63, 3.8) is 0 Å². The molecule has 1 aromatic heterocycles. The number of fused-ring (bicyclic) bond motifs is 1. The van der Waals surface area contributed by atoms with Crippen LogP contribution in [0, 0.1) is 0 Å². The lowest BCUT2D eigenvalue weighted by molar-refractivity contribution is 0.577. The number of nitrogens with one attached hydrogen (secondary N) is 1. The van der Waals surface area contributed by atoms with Gasteiger partial charge in [-0.3, -0.25) is 9.67 Å². The Bertz CT molecular complexity index is 715. The maximum atomic E-state index is 6.36. The highest BCUT2D eigenvalue weighted by Gasteiger charge is 2.19. The number of hydrogen-bond acceptors (Lipinski definition) is 4. The van der Waals surface area contributed by atoms with E-state index in [1.54, 1.807) is 0 Å². The molecule has 0 atom stereocenters. The van der Waals surface area contributed by atoms with Gasteiger partial charge in [0.1, 0.15) is 5.84 Å². The van der Waals surface area contributed by atoms with Crippen LogP contribution in [0.1, 0.15) is 19.3 Å². The molecule has 2 aliphatic rings. The van der Waals surface area contributed by atoms with Crippen molar-refractivity contribution < 1.29 is 0 Å². The monoisotopic (exact) mass is 317 g/mol. The SMILES string of the molecule is Clc1nn(CC2=NCCN2)c2c(N3CCCCC3)cccc12. The summed E-state index contributed by atoms with van der Waals surface area (Å²) in [7, 11) is 0. The third-order valence-corrected chi connectivity index (χ3v) is 4.72. The van der Waals surface area contributed by atoms with Crippen molar-refractivity contribution in [3.05, 3.63) is 23.4 Å². The number of rotatable bonds is 3. The van der Waals surface area contributed by atoms with Crippen LogP contribution >= 0.6 is 11.6 Å². The average molecular weight is 318 g/mol. The molecule has 1 N–H and O–H groups in total. The molecular weight excluding hydrogens is 298 g/mol. The summed E-state index contributed by atoms with van der Waals surface area (Å²) < 4.78 is 2.00. The minimum Gasteiger partial charge on any atom is -0.370 e. The fourth-order valence-electron chi connectivity index (χ4n) is 3.38. The summed E-state index contributed by atoms with van der Waals surface area (Å²) >= 11 is 6.36. The van der Waals surface area contributed by atoms with Crippen LogP contribution < -0.4 is 10.2 Å². The number of nitrogens with zero attached hydrogens (tertiary/aromatic N) is 4. The van der Waals surface area contributed by atoms with Gasteiger partial charge in [0.05, 0.1) is 24.3 Å². The molecule has 1 aromatic carbocycles. The molecule has 0 bridgehead atoms. The van der Waals surface area contributed by atoms with Gasteiger partial charge < -0.3 is 10.2 Å². The molecule has 5 nitrogen and oxygen atoms in total.